The first-order chi connectivity index (χ1) is 5.88. The Morgan fingerprint density at radius 3 is 2.38 bits per heavy atom. The molecule has 0 radical (unpaired) electrons. The van der Waals surface area contributed by atoms with Crippen LogP contribution < -0.4 is 0 Å². The molecule has 0 aromatic rings. The third kappa shape index (κ3) is 5.64. The summed E-state index contributed by atoms with van der Waals surface area (Å²) in [6.45, 7) is 8.02. The molecule has 0 aromatic carbocycles. The zero-order chi connectivity index (χ0) is 10.5. The van der Waals surface area contributed by atoms with Crippen molar-refractivity contribution in [2.75, 3.05) is 6.61 Å². The minimum Gasteiger partial charge on any atom is -0.466 e. The van der Waals surface area contributed by atoms with Crippen molar-refractivity contribution in [3.05, 3.63) is 0 Å². The molecule has 0 saturated heterocycles. The highest BCUT2D eigenvalue weighted by Crippen LogP contribution is 2.22. The molecule has 78 valence electrons. The van der Waals surface area contributed by atoms with Crippen LogP contribution in [0, 0.1) is 5.41 Å². The first-order valence-electron chi connectivity index (χ1n) is 4.71. The van der Waals surface area contributed by atoms with Crippen molar-refractivity contribution < 1.29 is 14.6 Å². The van der Waals surface area contributed by atoms with Gasteiger partial charge in [0.15, 0.2) is 0 Å². The fraction of sp³-hybridized carbons (Fsp3) is 0.900. The quantitative estimate of drug-likeness (QED) is 0.683. The van der Waals surface area contributed by atoms with Crippen LogP contribution in [0.3, 0.4) is 0 Å². The topological polar surface area (TPSA) is 46.5 Å². The molecule has 0 saturated carbocycles. The molecule has 1 unspecified atom stereocenters. The molecule has 0 amide bonds. The van der Waals surface area contributed by atoms with Crippen LogP contribution in [0.25, 0.3) is 0 Å². The van der Waals surface area contributed by atoms with Gasteiger partial charge in [-0.25, -0.2) is 0 Å². The Kier molecular flexibility index (Phi) is 4.99. The second-order valence-electron chi connectivity index (χ2n) is 4.23. The van der Waals surface area contributed by atoms with Crippen LogP contribution in [0.15, 0.2) is 0 Å². The lowest BCUT2D eigenvalue weighted by atomic mass is 9.86. The smallest absolute Gasteiger partial charge is 0.305 e. The van der Waals surface area contributed by atoms with E-state index in [1.54, 1.807) is 6.92 Å². The first kappa shape index (κ1) is 12.4. The Morgan fingerprint density at radius 1 is 1.46 bits per heavy atom. The van der Waals surface area contributed by atoms with Crippen LogP contribution in [0.2, 0.25) is 0 Å². The molecule has 0 aliphatic heterocycles. The average Bonchev–Trinajstić information content (AvgIpc) is 1.99. The van der Waals surface area contributed by atoms with E-state index >= 15 is 0 Å². The molecule has 1 N–H and O–H groups in total. The second-order valence-corrected chi connectivity index (χ2v) is 4.23. The average molecular weight is 188 g/mol. The summed E-state index contributed by atoms with van der Waals surface area (Å²) in [6.07, 6.45) is 0.325. The zero-order valence-corrected chi connectivity index (χ0v) is 8.96. The molecule has 0 aliphatic carbocycles. The van der Waals surface area contributed by atoms with Gasteiger partial charge < -0.3 is 9.84 Å². The zero-order valence-electron chi connectivity index (χ0n) is 8.96. The Labute approximate surface area is 80.1 Å². The number of aliphatic hydroxyl groups excluding tert-OH is 1. The summed E-state index contributed by atoms with van der Waals surface area (Å²) in [5.41, 5.74) is -0.160. The van der Waals surface area contributed by atoms with Gasteiger partial charge in [-0.15, -0.1) is 0 Å². The molecule has 0 fully saturated rings. The number of ether oxygens (including phenoxy) is 1. The maximum atomic E-state index is 10.9. The van der Waals surface area contributed by atoms with Crippen molar-refractivity contribution in [2.24, 2.45) is 5.41 Å². The molecular weight excluding hydrogens is 168 g/mol. The van der Waals surface area contributed by atoms with E-state index in [1.807, 2.05) is 20.8 Å². The highest BCUT2D eigenvalue weighted by atomic mass is 16.5. The fourth-order valence-corrected chi connectivity index (χ4v) is 0.921. The Bertz CT molecular complexity index is 158. The molecule has 0 heterocycles. The number of aliphatic hydroxyl groups is 1. The maximum Gasteiger partial charge on any atom is 0.305 e. The van der Waals surface area contributed by atoms with Crippen molar-refractivity contribution in [3.63, 3.8) is 0 Å². The third-order valence-corrected chi connectivity index (χ3v) is 1.93. The Balaban J connectivity index is 3.70. The molecule has 0 rings (SSSR count). The lowest BCUT2D eigenvalue weighted by Crippen LogP contribution is -2.26. The summed E-state index contributed by atoms with van der Waals surface area (Å²) in [6, 6.07) is 0. The minimum absolute atomic E-state index is 0.160. The van der Waals surface area contributed by atoms with Gasteiger partial charge in [0.25, 0.3) is 0 Å². The summed E-state index contributed by atoms with van der Waals surface area (Å²) >= 11 is 0. The SMILES string of the molecule is CCOC(=O)CCC(O)C(C)(C)C. The number of carbonyl (C=O) groups is 1. The first-order valence-corrected chi connectivity index (χ1v) is 4.71. The third-order valence-electron chi connectivity index (χ3n) is 1.93. The molecule has 3 nitrogen and oxygen atoms in total. The standard InChI is InChI=1S/C10H20O3/c1-5-13-9(12)7-6-8(11)10(2,3)4/h8,11H,5-7H2,1-4H3. The molecule has 13 heavy (non-hydrogen) atoms. The van der Waals surface area contributed by atoms with Gasteiger partial charge in [-0.3, -0.25) is 4.79 Å². The largest absolute Gasteiger partial charge is 0.466 e. The van der Waals surface area contributed by atoms with Crippen LogP contribution in [-0.2, 0) is 9.53 Å². The van der Waals surface area contributed by atoms with E-state index < -0.39 is 6.10 Å². The van der Waals surface area contributed by atoms with Crippen LogP contribution in [0.5, 0.6) is 0 Å². The lowest BCUT2D eigenvalue weighted by Gasteiger charge is -2.25. The van der Waals surface area contributed by atoms with Crippen molar-refractivity contribution in [1.29, 1.82) is 0 Å². The van der Waals surface area contributed by atoms with Crippen molar-refractivity contribution in [3.8, 4) is 0 Å². The van der Waals surface area contributed by atoms with Crippen molar-refractivity contribution in [1.82, 2.24) is 0 Å². The van der Waals surface area contributed by atoms with Gasteiger partial charge in [-0.1, -0.05) is 20.8 Å². The molecule has 0 aliphatic rings. The van der Waals surface area contributed by atoms with Gasteiger partial charge in [0, 0.05) is 6.42 Å². The van der Waals surface area contributed by atoms with Crippen molar-refractivity contribution in [2.45, 2.75) is 46.6 Å². The van der Waals surface area contributed by atoms with Crippen LogP contribution in [0.1, 0.15) is 40.5 Å². The molecule has 0 spiro atoms. The van der Waals surface area contributed by atoms with E-state index in [2.05, 4.69) is 0 Å². The van der Waals surface area contributed by atoms with Gasteiger partial charge in [0.2, 0.25) is 0 Å². The summed E-state index contributed by atoms with van der Waals surface area (Å²) in [4.78, 5) is 10.9. The molecule has 1 atom stereocenters. The number of esters is 1. The van der Waals surface area contributed by atoms with E-state index in [4.69, 9.17) is 4.74 Å². The monoisotopic (exact) mass is 188 g/mol. The summed E-state index contributed by atoms with van der Waals surface area (Å²) in [7, 11) is 0. The molecule has 3 heteroatoms. The van der Waals surface area contributed by atoms with E-state index in [9.17, 15) is 9.90 Å². The van der Waals surface area contributed by atoms with E-state index in [1.165, 1.54) is 0 Å². The van der Waals surface area contributed by atoms with Crippen LogP contribution in [0.4, 0.5) is 0 Å². The van der Waals surface area contributed by atoms with E-state index in [0.29, 0.717) is 19.4 Å². The van der Waals surface area contributed by atoms with Gasteiger partial charge >= 0.3 is 5.97 Å². The number of hydrogen-bond acceptors (Lipinski definition) is 3. The Morgan fingerprint density at radius 2 is 2.00 bits per heavy atom. The van der Waals surface area contributed by atoms with E-state index in [0.717, 1.165) is 0 Å². The minimum atomic E-state index is -0.447. The summed E-state index contributed by atoms with van der Waals surface area (Å²) in [5, 5.41) is 9.60. The Hall–Kier alpha value is -0.570. The van der Waals surface area contributed by atoms with Crippen LogP contribution >= 0.6 is 0 Å². The second kappa shape index (κ2) is 5.22. The van der Waals surface area contributed by atoms with Gasteiger partial charge in [0.1, 0.15) is 0 Å². The van der Waals surface area contributed by atoms with Crippen molar-refractivity contribution >= 4 is 5.97 Å². The number of carbonyl (C=O) groups excluding carboxylic acids is 1. The van der Waals surface area contributed by atoms with E-state index in [-0.39, 0.29) is 11.4 Å². The number of rotatable bonds is 4. The lowest BCUT2D eigenvalue weighted by molar-refractivity contribution is -0.144. The summed E-state index contributed by atoms with van der Waals surface area (Å²) < 4.78 is 4.75. The number of hydrogen-bond donors (Lipinski definition) is 1. The maximum absolute atomic E-state index is 10.9. The molecule has 0 aromatic heterocycles. The summed E-state index contributed by atoms with van der Waals surface area (Å²) in [5.74, 6) is -0.231. The normalized spacial score (nSPS) is 13.9. The van der Waals surface area contributed by atoms with Crippen LogP contribution in [-0.4, -0.2) is 23.8 Å². The predicted molar refractivity (Wildman–Crippen MR) is 51.3 cm³/mol. The molecule has 0 bridgehead atoms. The predicted octanol–water partition coefficient (Wildman–Crippen LogP) is 1.74. The highest BCUT2D eigenvalue weighted by molar-refractivity contribution is 5.69. The van der Waals surface area contributed by atoms with Gasteiger partial charge in [-0.05, 0) is 18.8 Å². The fourth-order valence-electron chi connectivity index (χ4n) is 0.921. The molecular formula is C10H20O3. The van der Waals surface area contributed by atoms with Gasteiger partial charge in [0.05, 0.1) is 12.7 Å². The highest BCUT2D eigenvalue weighted by Gasteiger charge is 2.22. The van der Waals surface area contributed by atoms with Gasteiger partial charge in [-0.2, -0.15) is 0 Å².